The third-order valence-corrected chi connectivity index (χ3v) is 2.67. The van der Waals surface area contributed by atoms with E-state index in [9.17, 15) is 4.39 Å². The number of halogens is 1. The van der Waals surface area contributed by atoms with Gasteiger partial charge in [-0.15, -0.1) is 0 Å². The van der Waals surface area contributed by atoms with Crippen LogP contribution in [-0.4, -0.2) is 6.54 Å². The summed E-state index contributed by atoms with van der Waals surface area (Å²) in [6.07, 6.45) is 3.73. The van der Waals surface area contributed by atoms with E-state index >= 15 is 0 Å². The molecule has 0 aromatic rings. The molecule has 0 heterocycles. The molecule has 1 rings (SSSR count). The Morgan fingerprint density at radius 3 is 2.57 bits per heavy atom. The lowest BCUT2D eigenvalue weighted by Gasteiger charge is -2.22. The Bertz CT molecular complexity index is 253. The van der Waals surface area contributed by atoms with Crippen molar-refractivity contribution >= 4 is 0 Å². The highest BCUT2D eigenvalue weighted by Gasteiger charge is 2.19. The summed E-state index contributed by atoms with van der Waals surface area (Å²) in [5, 5.41) is 3.25. The molecule has 1 aliphatic rings. The molecule has 80 valence electrons. The molecule has 0 amide bonds. The first kappa shape index (κ1) is 11.3. The van der Waals surface area contributed by atoms with E-state index < -0.39 is 0 Å². The van der Waals surface area contributed by atoms with Gasteiger partial charge in [0.15, 0.2) is 0 Å². The number of nitrogens with one attached hydrogen (secondary N) is 1. The second-order valence-electron chi connectivity index (χ2n) is 4.57. The molecule has 0 aromatic carbocycles. The monoisotopic (exact) mass is 197 g/mol. The summed E-state index contributed by atoms with van der Waals surface area (Å²) in [5.74, 6) is 0.891. The predicted molar refractivity (Wildman–Crippen MR) is 58.4 cm³/mol. The van der Waals surface area contributed by atoms with Crippen LogP contribution >= 0.6 is 0 Å². The van der Waals surface area contributed by atoms with Crippen molar-refractivity contribution < 1.29 is 4.39 Å². The van der Waals surface area contributed by atoms with Crippen molar-refractivity contribution in [1.82, 2.24) is 5.32 Å². The molecule has 1 aliphatic carbocycles. The van der Waals surface area contributed by atoms with Gasteiger partial charge in [-0.25, -0.2) is 4.39 Å². The zero-order valence-corrected chi connectivity index (χ0v) is 9.47. The zero-order valence-electron chi connectivity index (χ0n) is 9.47. The lowest BCUT2D eigenvalue weighted by molar-refractivity contribution is 0.409. The van der Waals surface area contributed by atoms with E-state index in [4.69, 9.17) is 0 Å². The van der Waals surface area contributed by atoms with Gasteiger partial charge in [0.05, 0.1) is 0 Å². The van der Waals surface area contributed by atoms with E-state index in [1.54, 1.807) is 6.08 Å². The first-order valence-electron chi connectivity index (χ1n) is 5.33. The number of hydrogen-bond donors (Lipinski definition) is 1. The van der Waals surface area contributed by atoms with Crippen LogP contribution in [-0.2, 0) is 0 Å². The van der Waals surface area contributed by atoms with Crippen molar-refractivity contribution in [2.75, 3.05) is 6.54 Å². The van der Waals surface area contributed by atoms with E-state index in [0.717, 1.165) is 12.2 Å². The van der Waals surface area contributed by atoms with Gasteiger partial charge in [-0.2, -0.15) is 0 Å². The zero-order chi connectivity index (χ0) is 10.7. The molecule has 0 fully saturated rings. The molecule has 0 radical (unpaired) electrons. The van der Waals surface area contributed by atoms with Gasteiger partial charge in [0.25, 0.3) is 0 Å². The highest BCUT2D eigenvalue weighted by atomic mass is 19.1. The van der Waals surface area contributed by atoms with Crippen molar-refractivity contribution in [2.24, 2.45) is 17.8 Å². The Morgan fingerprint density at radius 1 is 1.43 bits per heavy atom. The maximum atomic E-state index is 13.4. The molecule has 0 saturated carbocycles. The van der Waals surface area contributed by atoms with Crippen molar-refractivity contribution in [3.05, 3.63) is 23.7 Å². The maximum absolute atomic E-state index is 13.4. The standard InChI is InChI=1S/C12H20FN/c1-8(2)7-14-11-5-9(3)10(4)12(13)6-11/h5-6,8-10,14H,7H2,1-4H3/t9-,10?/m0/s1. The molecule has 2 heteroatoms. The Hall–Kier alpha value is -0.790. The van der Waals surface area contributed by atoms with Crippen LogP contribution in [0.3, 0.4) is 0 Å². The topological polar surface area (TPSA) is 12.0 Å². The highest BCUT2D eigenvalue weighted by molar-refractivity contribution is 5.26. The van der Waals surface area contributed by atoms with Crippen molar-refractivity contribution in [1.29, 1.82) is 0 Å². The Morgan fingerprint density at radius 2 is 2.07 bits per heavy atom. The lowest BCUT2D eigenvalue weighted by atomic mass is 9.89. The molecule has 2 atom stereocenters. The molecule has 1 N–H and O–H groups in total. The maximum Gasteiger partial charge on any atom is 0.105 e. The van der Waals surface area contributed by atoms with Gasteiger partial charge in [0, 0.05) is 18.2 Å². The first-order chi connectivity index (χ1) is 6.50. The van der Waals surface area contributed by atoms with E-state index in [2.05, 4.69) is 25.2 Å². The van der Waals surface area contributed by atoms with Gasteiger partial charge in [0.1, 0.15) is 5.83 Å². The SMILES string of the molecule is CC(C)CNC1=C[C@H](C)C(C)C(F)=C1. The number of hydrogen-bond acceptors (Lipinski definition) is 1. The predicted octanol–water partition coefficient (Wildman–Crippen LogP) is 3.26. The quantitative estimate of drug-likeness (QED) is 0.732. The van der Waals surface area contributed by atoms with Crippen LogP contribution in [0.4, 0.5) is 4.39 Å². The highest BCUT2D eigenvalue weighted by Crippen LogP contribution is 2.28. The van der Waals surface area contributed by atoms with Gasteiger partial charge < -0.3 is 5.32 Å². The van der Waals surface area contributed by atoms with E-state index in [0.29, 0.717) is 5.92 Å². The van der Waals surface area contributed by atoms with Gasteiger partial charge in [-0.1, -0.05) is 33.8 Å². The third-order valence-electron chi connectivity index (χ3n) is 2.67. The Balaban J connectivity index is 2.58. The molecular formula is C12H20FN. The normalized spacial score (nSPS) is 27.3. The van der Waals surface area contributed by atoms with Gasteiger partial charge in [0.2, 0.25) is 0 Å². The number of allylic oxidation sites excluding steroid dienone is 3. The van der Waals surface area contributed by atoms with E-state index in [1.807, 2.05) is 13.8 Å². The second kappa shape index (κ2) is 4.63. The summed E-state index contributed by atoms with van der Waals surface area (Å²) in [5.41, 5.74) is 0.932. The molecule has 14 heavy (non-hydrogen) atoms. The summed E-state index contributed by atoms with van der Waals surface area (Å²) in [4.78, 5) is 0. The van der Waals surface area contributed by atoms with Gasteiger partial charge >= 0.3 is 0 Å². The lowest BCUT2D eigenvalue weighted by Crippen LogP contribution is -2.22. The molecule has 0 saturated heterocycles. The summed E-state index contributed by atoms with van der Waals surface area (Å²) in [6, 6.07) is 0. The number of rotatable bonds is 3. The van der Waals surface area contributed by atoms with Gasteiger partial charge in [-0.3, -0.25) is 0 Å². The minimum atomic E-state index is -0.00810. The third kappa shape index (κ3) is 2.86. The Labute approximate surface area is 86.1 Å². The van der Waals surface area contributed by atoms with Crippen LogP contribution < -0.4 is 5.32 Å². The van der Waals surface area contributed by atoms with Crippen LogP contribution in [0.1, 0.15) is 27.7 Å². The van der Waals surface area contributed by atoms with Crippen LogP contribution in [0.2, 0.25) is 0 Å². The summed E-state index contributed by atoms with van der Waals surface area (Å²) < 4.78 is 13.4. The fraction of sp³-hybridized carbons (Fsp3) is 0.667. The van der Waals surface area contributed by atoms with Gasteiger partial charge in [-0.05, 0) is 17.9 Å². The minimum absolute atomic E-state index is 0.00810. The van der Waals surface area contributed by atoms with Crippen molar-refractivity contribution in [3.63, 3.8) is 0 Å². The molecule has 0 aromatic heterocycles. The van der Waals surface area contributed by atoms with E-state index in [-0.39, 0.29) is 17.7 Å². The fourth-order valence-corrected chi connectivity index (χ4v) is 1.44. The average Bonchev–Trinajstić information content (AvgIpc) is 2.10. The molecule has 0 spiro atoms. The average molecular weight is 197 g/mol. The van der Waals surface area contributed by atoms with Crippen LogP contribution in [0.5, 0.6) is 0 Å². The fourth-order valence-electron chi connectivity index (χ4n) is 1.44. The summed E-state index contributed by atoms with van der Waals surface area (Å²) in [7, 11) is 0. The smallest absolute Gasteiger partial charge is 0.105 e. The molecular weight excluding hydrogens is 177 g/mol. The van der Waals surface area contributed by atoms with Crippen molar-refractivity contribution in [2.45, 2.75) is 27.7 Å². The van der Waals surface area contributed by atoms with Crippen molar-refractivity contribution in [3.8, 4) is 0 Å². The summed E-state index contributed by atoms with van der Waals surface area (Å²) in [6.45, 7) is 9.16. The summed E-state index contributed by atoms with van der Waals surface area (Å²) >= 11 is 0. The largest absolute Gasteiger partial charge is 0.385 e. The molecule has 0 aliphatic heterocycles. The van der Waals surface area contributed by atoms with Crippen LogP contribution in [0, 0.1) is 17.8 Å². The molecule has 0 bridgehead atoms. The first-order valence-corrected chi connectivity index (χ1v) is 5.33. The van der Waals surface area contributed by atoms with Crippen LogP contribution in [0.25, 0.3) is 0 Å². The van der Waals surface area contributed by atoms with Crippen LogP contribution in [0.15, 0.2) is 23.7 Å². The Kier molecular flexibility index (Phi) is 3.73. The molecule has 1 nitrogen and oxygen atoms in total. The van der Waals surface area contributed by atoms with E-state index in [1.165, 1.54) is 0 Å². The molecule has 1 unspecified atom stereocenters. The minimum Gasteiger partial charge on any atom is -0.385 e. The second-order valence-corrected chi connectivity index (χ2v) is 4.57.